The van der Waals surface area contributed by atoms with Gasteiger partial charge in [-0.3, -0.25) is 14.5 Å². The van der Waals surface area contributed by atoms with Crippen molar-refractivity contribution in [3.63, 3.8) is 0 Å². The lowest BCUT2D eigenvalue weighted by Crippen LogP contribution is -2.41. The molecule has 9 heteroatoms. The number of benzene rings is 1. The lowest BCUT2D eigenvalue weighted by molar-refractivity contribution is -0.117. The number of halogens is 1. The molecule has 1 saturated heterocycles. The van der Waals surface area contributed by atoms with Gasteiger partial charge >= 0.3 is 0 Å². The standard InChI is InChI=1S/C20H25ClN4O4/c1-15-13-18(23-29-15)22-19(26)14-25(8-2-7-24-9-11-28-12-10-24)20(27)16-3-5-17(21)6-4-16/h3-6,13H,2,7-12,14H2,1H3,(H,22,23,26). The molecule has 0 spiro atoms. The predicted molar refractivity (Wildman–Crippen MR) is 109 cm³/mol. The molecule has 1 fully saturated rings. The van der Waals surface area contributed by atoms with Crippen molar-refractivity contribution in [1.29, 1.82) is 0 Å². The topological polar surface area (TPSA) is 87.9 Å². The van der Waals surface area contributed by atoms with Crippen LogP contribution in [0, 0.1) is 6.92 Å². The Kier molecular flexibility index (Phi) is 7.62. The second-order valence-electron chi connectivity index (χ2n) is 6.91. The van der Waals surface area contributed by atoms with Crippen LogP contribution in [-0.2, 0) is 9.53 Å². The van der Waals surface area contributed by atoms with E-state index in [9.17, 15) is 9.59 Å². The SMILES string of the molecule is Cc1cc(NC(=O)CN(CCCN2CCOCC2)C(=O)c2ccc(Cl)cc2)no1. The summed E-state index contributed by atoms with van der Waals surface area (Å²) in [6.07, 6.45) is 0.760. The average molecular weight is 421 g/mol. The summed E-state index contributed by atoms with van der Waals surface area (Å²) >= 11 is 5.92. The van der Waals surface area contributed by atoms with E-state index >= 15 is 0 Å². The molecule has 0 atom stereocenters. The lowest BCUT2D eigenvalue weighted by atomic mass is 10.2. The Labute approximate surface area is 174 Å². The minimum atomic E-state index is -0.327. The van der Waals surface area contributed by atoms with Gasteiger partial charge in [0.25, 0.3) is 5.91 Å². The third kappa shape index (κ3) is 6.56. The fourth-order valence-electron chi connectivity index (χ4n) is 3.12. The van der Waals surface area contributed by atoms with Crippen LogP contribution in [-0.4, -0.2) is 72.7 Å². The second-order valence-corrected chi connectivity index (χ2v) is 7.35. The van der Waals surface area contributed by atoms with Crippen LogP contribution in [0.25, 0.3) is 0 Å². The number of morpholine rings is 1. The molecule has 0 unspecified atom stereocenters. The number of carbonyl (C=O) groups is 2. The zero-order valence-corrected chi connectivity index (χ0v) is 17.2. The molecular formula is C20H25ClN4O4. The summed E-state index contributed by atoms with van der Waals surface area (Å²) in [4.78, 5) is 29.3. The van der Waals surface area contributed by atoms with E-state index in [2.05, 4.69) is 15.4 Å². The van der Waals surface area contributed by atoms with Gasteiger partial charge in [0.1, 0.15) is 12.3 Å². The smallest absolute Gasteiger partial charge is 0.254 e. The number of ether oxygens (including phenoxy) is 1. The molecule has 2 amide bonds. The Morgan fingerprint density at radius 1 is 1.24 bits per heavy atom. The first-order valence-corrected chi connectivity index (χ1v) is 9.97. The molecule has 3 rings (SSSR count). The van der Waals surface area contributed by atoms with E-state index in [0.29, 0.717) is 28.7 Å². The predicted octanol–water partition coefficient (Wildman–Crippen LogP) is 2.44. The van der Waals surface area contributed by atoms with Gasteiger partial charge in [-0.1, -0.05) is 16.8 Å². The molecule has 1 aromatic heterocycles. The highest BCUT2D eigenvalue weighted by molar-refractivity contribution is 6.30. The van der Waals surface area contributed by atoms with Crippen molar-refractivity contribution in [2.75, 3.05) is 51.3 Å². The van der Waals surface area contributed by atoms with E-state index in [0.717, 1.165) is 39.3 Å². The van der Waals surface area contributed by atoms with Crippen molar-refractivity contribution >= 4 is 29.2 Å². The monoisotopic (exact) mass is 420 g/mol. The van der Waals surface area contributed by atoms with Gasteiger partial charge in [-0.15, -0.1) is 0 Å². The molecule has 1 aromatic carbocycles. The Bertz CT molecular complexity index is 818. The first kappa shape index (κ1) is 21.3. The van der Waals surface area contributed by atoms with Gasteiger partial charge in [-0.25, -0.2) is 0 Å². The fourth-order valence-corrected chi connectivity index (χ4v) is 3.24. The van der Waals surface area contributed by atoms with Gasteiger partial charge in [0, 0.05) is 42.8 Å². The number of aromatic nitrogens is 1. The van der Waals surface area contributed by atoms with Gasteiger partial charge in [0.05, 0.1) is 13.2 Å². The Balaban J connectivity index is 1.61. The van der Waals surface area contributed by atoms with E-state index in [4.69, 9.17) is 20.9 Å². The normalized spacial score (nSPS) is 14.6. The van der Waals surface area contributed by atoms with Crippen molar-refractivity contribution in [1.82, 2.24) is 15.0 Å². The third-order valence-electron chi connectivity index (χ3n) is 4.61. The van der Waals surface area contributed by atoms with Crippen LogP contribution in [0.3, 0.4) is 0 Å². The minimum absolute atomic E-state index is 0.0729. The highest BCUT2D eigenvalue weighted by atomic mass is 35.5. The summed E-state index contributed by atoms with van der Waals surface area (Å²) in [5.41, 5.74) is 0.492. The summed E-state index contributed by atoms with van der Waals surface area (Å²) in [6, 6.07) is 8.29. The molecule has 2 aromatic rings. The maximum absolute atomic E-state index is 13.0. The number of nitrogens with one attached hydrogen (secondary N) is 1. The Morgan fingerprint density at radius 3 is 2.62 bits per heavy atom. The zero-order chi connectivity index (χ0) is 20.6. The van der Waals surface area contributed by atoms with Crippen LogP contribution >= 0.6 is 11.6 Å². The third-order valence-corrected chi connectivity index (χ3v) is 4.87. The van der Waals surface area contributed by atoms with Crippen LogP contribution in [0.5, 0.6) is 0 Å². The van der Waals surface area contributed by atoms with Crippen LogP contribution in [0.15, 0.2) is 34.9 Å². The van der Waals surface area contributed by atoms with Crippen molar-refractivity contribution in [3.05, 3.63) is 46.7 Å². The molecule has 2 heterocycles. The molecule has 8 nitrogen and oxygen atoms in total. The highest BCUT2D eigenvalue weighted by Gasteiger charge is 2.20. The van der Waals surface area contributed by atoms with Crippen LogP contribution in [0.4, 0.5) is 5.82 Å². The van der Waals surface area contributed by atoms with Crippen LogP contribution < -0.4 is 5.32 Å². The Hall–Kier alpha value is -2.42. The molecular weight excluding hydrogens is 396 g/mol. The number of aryl methyl sites for hydroxylation is 1. The molecule has 1 N–H and O–H groups in total. The molecule has 156 valence electrons. The zero-order valence-electron chi connectivity index (χ0n) is 16.4. The molecule has 1 aliphatic heterocycles. The van der Waals surface area contributed by atoms with E-state index < -0.39 is 0 Å². The quantitative estimate of drug-likeness (QED) is 0.705. The molecule has 0 aliphatic carbocycles. The minimum Gasteiger partial charge on any atom is -0.379 e. The van der Waals surface area contributed by atoms with Gasteiger partial charge < -0.3 is 19.5 Å². The van der Waals surface area contributed by atoms with Crippen LogP contribution in [0.2, 0.25) is 5.02 Å². The van der Waals surface area contributed by atoms with Gasteiger partial charge in [-0.05, 0) is 37.6 Å². The number of rotatable bonds is 8. The summed E-state index contributed by atoms with van der Waals surface area (Å²) in [5, 5.41) is 6.97. The number of hydrogen-bond acceptors (Lipinski definition) is 6. The highest BCUT2D eigenvalue weighted by Crippen LogP contribution is 2.13. The van der Waals surface area contributed by atoms with E-state index in [1.807, 2.05) is 0 Å². The molecule has 0 radical (unpaired) electrons. The summed E-state index contributed by atoms with van der Waals surface area (Å²) in [7, 11) is 0. The van der Waals surface area contributed by atoms with Gasteiger partial charge in [0.15, 0.2) is 5.82 Å². The van der Waals surface area contributed by atoms with E-state index in [1.54, 1.807) is 42.2 Å². The van der Waals surface area contributed by atoms with Crippen molar-refractivity contribution in [3.8, 4) is 0 Å². The van der Waals surface area contributed by atoms with Crippen molar-refractivity contribution in [2.45, 2.75) is 13.3 Å². The average Bonchev–Trinajstić information content (AvgIpc) is 3.12. The maximum atomic E-state index is 13.0. The fraction of sp³-hybridized carbons (Fsp3) is 0.450. The van der Waals surface area contributed by atoms with Gasteiger partial charge in [0.2, 0.25) is 5.91 Å². The first-order chi connectivity index (χ1) is 14.0. The molecule has 0 saturated carbocycles. The van der Waals surface area contributed by atoms with E-state index in [1.165, 1.54) is 0 Å². The maximum Gasteiger partial charge on any atom is 0.254 e. The number of nitrogens with zero attached hydrogens (tertiary/aromatic N) is 3. The summed E-state index contributed by atoms with van der Waals surface area (Å²) in [5.74, 6) is 0.390. The molecule has 29 heavy (non-hydrogen) atoms. The number of anilines is 1. The number of hydrogen-bond donors (Lipinski definition) is 1. The Morgan fingerprint density at radius 2 is 1.97 bits per heavy atom. The number of amides is 2. The molecule has 1 aliphatic rings. The van der Waals surface area contributed by atoms with Gasteiger partial charge in [-0.2, -0.15) is 0 Å². The number of carbonyl (C=O) groups excluding carboxylic acids is 2. The van der Waals surface area contributed by atoms with Crippen molar-refractivity contribution < 1.29 is 18.8 Å². The lowest BCUT2D eigenvalue weighted by Gasteiger charge is -2.28. The second kappa shape index (κ2) is 10.4. The molecule has 0 bridgehead atoms. The van der Waals surface area contributed by atoms with Crippen LogP contribution in [0.1, 0.15) is 22.5 Å². The largest absolute Gasteiger partial charge is 0.379 e. The van der Waals surface area contributed by atoms with Crippen molar-refractivity contribution in [2.24, 2.45) is 0 Å². The summed E-state index contributed by atoms with van der Waals surface area (Å²) in [6.45, 7) is 6.21. The van der Waals surface area contributed by atoms with E-state index in [-0.39, 0.29) is 18.4 Å². The summed E-state index contributed by atoms with van der Waals surface area (Å²) < 4.78 is 10.3. The first-order valence-electron chi connectivity index (χ1n) is 9.59.